The first-order valence-corrected chi connectivity index (χ1v) is 16.8. The van der Waals surface area contributed by atoms with E-state index in [4.69, 9.17) is 23.7 Å². The van der Waals surface area contributed by atoms with Gasteiger partial charge in [0, 0.05) is 11.8 Å². The summed E-state index contributed by atoms with van der Waals surface area (Å²) < 4.78 is 25.1. The predicted molar refractivity (Wildman–Crippen MR) is 185 cm³/mol. The molecule has 0 heterocycles. The lowest BCUT2D eigenvalue weighted by molar-refractivity contribution is -0.149. The van der Waals surface area contributed by atoms with Crippen LogP contribution in [-0.2, 0) is 46.5 Å². The van der Waals surface area contributed by atoms with Gasteiger partial charge < -0.3 is 28.8 Å². The van der Waals surface area contributed by atoms with E-state index in [2.05, 4.69) is 15.9 Å². The van der Waals surface area contributed by atoms with Gasteiger partial charge >= 0.3 is 29.8 Å². The number of esters is 5. The number of carbonyl (C=O) groups is 5. The van der Waals surface area contributed by atoms with Crippen molar-refractivity contribution in [3.8, 4) is 11.5 Å². The Hall–Kier alpha value is -5.49. The molecule has 0 saturated carbocycles. The van der Waals surface area contributed by atoms with Crippen LogP contribution in [0.15, 0.2) is 109 Å². The molecule has 1 N–H and O–H groups in total. The maximum atomic E-state index is 12.3. The number of halogens is 1. The fourth-order valence-corrected chi connectivity index (χ4v) is 4.45. The second kappa shape index (κ2) is 22.2. The van der Waals surface area contributed by atoms with Crippen LogP contribution in [0.3, 0.4) is 0 Å². The zero-order chi connectivity index (χ0) is 36.0. The first kappa shape index (κ1) is 39.0. The Morgan fingerprint density at radius 1 is 0.520 bits per heavy atom. The zero-order valence-corrected chi connectivity index (χ0v) is 28.7. The van der Waals surface area contributed by atoms with E-state index in [0.717, 1.165) is 29.3 Å². The minimum Gasteiger partial charge on any atom is -0.507 e. The molecule has 11 nitrogen and oxygen atoms in total. The quantitative estimate of drug-likeness (QED) is 0.0426. The molecule has 0 amide bonds. The number of unbranched alkanes of at least 4 members (excludes halogenated alkanes) is 2. The number of alkyl halides is 1. The molecule has 0 unspecified atom stereocenters. The Morgan fingerprint density at radius 3 is 1.54 bits per heavy atom. The number of benzene rings is 4. The molecule has 0 bridgehead atoms. The molecule has 50 heavy (non-hydrogen) atoms. The first-order valence-electron chi connectivity index (χ1n) is 15.6. The van der Waals surface area contributed by atoms with Gasteiger partial charge in [0.15, 0.2) is 13.2 Å². The van der Waals surface area contributed by atoms with Crippen molar-refractivity contribution >= 4 is 45.8 Å². The highest BCUT2D eigenvalue weighted by Gasteiger charge is 2.18. The van der Waals surface area contributed by atoms with E-state index in [0.29, 0.717) is 6.42 Å². The van der Waals surface area contributed by atoms with Crippen molar-refractivity contribution in [2.75, 3.05) is 18.5 Å². The standard InChI is InChI=1S/C22H23BrO6.C16H14O5/c23-14-8-2-5-13-20(24)29-19-12-7-6-11-18(19)22(26)28-16-21(25)27-15-17-9-3-1-4-10-17;17-14-9-5-4-8-13(14)16(19)21-11-15(18)20-10-12-6-2-1-3-7-12/h1,3-4,6-7,9-12H,2,5,8,13-16H2;1-9,17H,10-11H2. The Bertz CT molecular complexity index is 1680. The topological polar surface area (TPSA) is 152 Å². The molecular weight excluding hydrogens is 712 g/mol. The second-order valence-corrected chi connectivity index (χ2v) is 11.2. The lowest BCUT2D eigenvalue weighted by atomic mass is 10.2. The molecule has 0 radical (unpaired) electrons. The van der Waals surface area contributed by atoms with E-state index < -0.39 is 43.1 Å². The predicted octanol–water partition coefficient (Wildman–Crippen LogP) is 6.74. The lowest BCUT2D eigenvalue weighted by Gasteiger charge is -2.10. The smallest absolute Gasteiger partial charge is 0.344 e. The van der Waals surface area contributed by atoms with E-state index in [9.17, 15) is 29.1 Å². The maximum absolute atomic E-state index is 12.3. The molecule has 0 atom stereocenters. The minimum absolute atomic E-state index is 0.00774. The number of ether oxygens (including phenoxy) is 5. The molecule has 12 heteroatoms. The van der Waals surface area contributed by atoms with Crippen LogP contribution >= 0.6 is 15.9 Å². The Morgan fingerprint density at radius 2 is 1.00 bits per heavy atom. The number of hydrogen-bond donors (Lipinski definition) is 1. The van der Waals surface area contributed by atoms with Crippen molar-refractivity contribution in [2.24, 2.45) is 0 Å². The van der Waals surface area contributed by atoms with E-state index in [1.165, 1.54) is 24.3 Å². The van der Waals surface area contributed by atoms with Crippen LogP contribution < -0.4 is 4.74 Å². The van der Waals surface area contributed by atoms with Crippen LogP contribution in [0, 0.1) is 0 Å². The van der Waals surface area contributed by atoms with Crippen LogP contribution in [0.2, 0.25) is 0 Å². The van der Waals surface area contributed by atoms with Gasteiger partial charge in [-0.15, -0.1) is 0 Å². The summed E-state index contributed by atoms with van der Waals surface area (Å²) in [6.45, 7) is -0.811. The van der Waals surface area contributed by atoms with Gasteiger partial charge in [0.2, 0.25) is 0 Å². The lowest BCUT2D eigenvalue weighted by Crippen LogP contribution is -2.18. The zero-order valence-electron chi connectivity index (χ0n) is 27.2. The maximum Gasteiger partial charge on any atom is 0.344 e. The summed E-state index contributed by atoms with van der Waals surface area (Å²) in [5, 5.41) is 10.4. The van der Waals surface area contributed by atoms with Crippen molar-refractivity contribution in [3.05, 3.63) is 131 Å². The van der Waals surface area contributed by atoms with Crippen LogP contribution in [0.1, 0.15) is 57.5 Å². The van der Waals surface area contributed by atoms with Crippen molar-refractivity contribution in [2.45, 2.75) is 38.9 Å². The number of para-hydroxylation sites is 2. The summed E-state index contributed by atoms with van der Waals surface area (Å²) in [6, 6.07) is 30.6. The van der Waals surface area contributed by atoms with Gasteiger partial charge in [0.05, 0.1) is 0 Å². The van der Waals surface area contributed by atoms with Gasteiger partial charge in [-0.05, 0) is 48.2 Å². The normalized spacial score (nSPS) is 10.1. The number of rotatable bonds is 16. The highest BCUT2D eigenvalue weighted by molar-refractivity contribution is 9.09. The van der Waals surface area contributed by atoms with Crippen LogP contribution in [0.5, 0.6) is 11.5 Å². The largest absolute Gasteiger partial charge is 0.507 e. The average Bonchev–Trinajstić information content (AvgIpc) is 3.14. The SMILES string of the molecule is O=C(COC(=O)c1ccccc1O)OCc1ccccc1.O=C(COC(=O)c1ccccc1OC(=O)CCCCCBr)OCc1ccccc1. The fourth-order valence-electron chi connectivity index (χ4n) is 4.05. The molecule has 4 aromatic carbocycles. The Kier molecular flexibility index (Phi) is 17.3. The van der Waals surface area contributed by atoms with Gasteiger partial charge in [-0.2, -0.15) is 0 Å². The summed E-state index contributed by atoms with van der Waals surface area (Å²) in [4.78, 5) is 59.2. The summed E-state index contributed by atoms with van der Waals surface area (Å²) in [7, 11) is 0. The Balaban J connectivity index is 0.000000284. The van der Waals surface area contributed by atoms with Gasteiger partial charge in [0.25, 0.3) is 0 Å². The molecule has 0 aromatic heterocycles. The molecule has 4 rings (SSSR count). The molecule has 0 saturated heterocycles. The third-order valence-electron chi connectivity index (χ3n) is 6.60. The average molecular weight is 750 g/mol. The molecule has 0 aliphatic heterocycles. The number of phenolic OH excluding ortho intramolecular Hbond substituents is 1. The fraction of sp³-hybridized carbons (Fsp3) is 0.237. The number of hydrogen-bond acceptors (Lipinski definition) is 11. The molecule has 262 valence electrons. The minimum atomic E-state index is -0.773. The van der Waals surface area contributed by atoms with Crippen molar-refractivity contribution in [1.29, 1.82) is 0 Å². The van der Waals surface area contributed by atoms with Crippen LogP contribution in [-0.4, -0.2) is 53.5 Å². The van der Waals surface area contributed by atoms with Crippen LogP contribution in [0.25, 0.3) is 0 Å². The molecule has 0 aliphatic carbocycles. The van der Waals surface area contributed by atoms with E-state index in [-0.39, 0.29) is 42.3 Å². The number of aromatic hydroxyl groups is 1. The third-order valence-corrected chi connectivity index (χ3v) is 7.16. The monoisotopic (exact) mass is 748 g/mol. The highest BCUT2D eigenvalue weighted by atomic mass is 79.9. The van der Waals surface area contributed by atoms with Gasteiger partial charge in [0.1, 0.15) is 35.8 Å². The van der Waals surface area contributed by atoms with Gasteiger partial charge in [-0.1, -0.05) is 107 Å². The highest BCUT2D eigenvalue weighted by Crippen LogP contribution is 2.20. The van der Waals surface area contributed by atoms with Crippen molar-refractivity contribution < 1.29 is 52.8 Å². The van der Waals surface area contributed by atoms with Gasteiger partial charge in [-0.3, -0.25) is 4.79 Å². The first-order chi connectivity index (χ1) is 24.3. The van der Waals surface area contributed by atoms with Gasteiger partial charge in [-0.25, -0.2) is 19.2 Å². The van der Waals surface area contributed by atoms with Crippen LogP contribution in [0.4, 0.5) is 0 Å². The number of carbonyl (C=O) groups excluding carboxylic acids is 5. The van der Waals surface area contributed by atoms with Crippen molar-refractivity contribution in [3.63, 3.8) is 0 Å². The van der Waals surface area contributed by atoms with E-state index >= 15 is 0 Å². The second-order valence-electron chi connectivity index (χ2n) is 10.4. The summed E-state index contributed by atoms with van der Waals surface area (Å²) in [5.74, 6) is -3.34. The van der Waals surface area contributed by atoms with E-state index in [1.807, 2.05) is 60.7 Å². The van der Waals surface area contributed by atoms with E-state index in [1.54, 1.807) is 24.3 Å². The molecule has 4 aromatic rings. The summed E-state index contributed by atoms with van der Waals surface area (Å²) in [5.41, 5.74) is 1.77. The Labute approximate surface area is 298 Å². The van der Waals surface area contributed by atoms with Crippen molar-refractivity contribution in [1.82, 2.24) is 0 Å². The molecule has 0 aliphatic rings. The molecule has 0 fully saturated rings. The molecular formula is C38H37BrO11. The summed E-state index contributed by atoms with van der Waals surface area (Å²) in [6.07, 6.45) is 2.87. The third kappa shape index (κ3) is 14.7. The number of phenols is 1. The molecule has 0 spiro atoms. The summed E-state index contributed by atoms with van der Waals surface area (Å²) >= 11 is 3.34.